The van der Waals surface area contributed by atoms with Crippen LogP contribution in [-0.2, 0) is 16.1 Å². The largest absolute Gasteiger partial charge is 0.350 e. The number of nitrogens with zero attached hydrogens (tertiary/aromatic N) is 1. The first-order valence-corrected chi connectivity index (χ1v) is 6.21. The molecule has 3 rings (SSSR count). The number of amides is 2. The zero-order valence-corrected chi connectivity index (χ0v) is 10.3. The van der Waals surface area contributed by atoms with Crippen LogP contribution in [0.2, 0.25) is 0 Å². The molecular formula is C13H14N4O2. The van der Waals surface area contributed by atoms with E-state index in [4.69, 9.17) is 0 Å². The van der Waals surface area contributed by atoms with Crippen LogP contribution in [0.15, 0.2) is 24.5 Å². The second kappa shape index (κ2) is 4.72. The minimum atomic E-state index is -0.386. The highest BCUT2D eigenvalue weighted by Crippen LogP contribution is 2.12. The van der Waals surface area contributed by atoms with E-state index in [1.165, 1.54) is 0 Å². The summed E-state index contributed by atoms with van der Waals surface area (Å²) < 4.78 is 0. The first kappa shape index (κ1) is 11.7. The molecule has 1 aliphatic heterocycles. The van der Waals surface area contributed by atoms with E-state index in [0.29, 0.717) is 19.4 Å². The maximum atomic E-state index is 11.8. The first-order valence-electron chi connectivity index (χ1n) is 6.21. The van der Waals surface area contributed by atoms with Crippen molar-refractivity contribution in [1.82, 2.24) is 20.6 Å². The molecule has 1 fully saturated rings. The van der Waals surface area contributed by atoms with Crippen LogP contribution in [0.1, 0.15) is 18.4 Å². The van der Waals surface area contributed by atoms with Gasteiger partial charge >= 0.3 is 0 Å². The van der Waals surface area contributed by atoms with Crippen LogP contribution in [-0.4, -0.2) is 27.8 Å². The van der Waals surface area contributed by atoms with Crippen molar-refractivity contribution >= 4 is 22.8 Å². The molecule has 0 saturated carbocycles. The molecule has 1 aliphatic rings. The molecule has 2 aromatic rings. The highest BCUT2D eigenvalue weighted by atomic mass is 16.2. The number of carbonyl (C=O) groups excluding carboxylic acids is 2. The summed E-state index contributed by atoms with van der Waals surface area (Å²) in [6, 6.07) is 5.40. The third kappa shape index (κ3) is 2.42. The van der Waals surface area contributed by atoms with Gasteiger partial charge in [0.15, 0.2) is 0 Å². The van der Waals surface area contributed by atoms with Crippen molar-refractivity contribution in [2.45, 2.75) is 25.4 Å². The third-order valence-electron chi connectivity index (χ3n) is 3.26. The normalized spacial score (nSPS) is 18.5. The third-order valence-corrected chi connectivity index (χ3v) is 3.26. The summed E-state index contributed by atoms with van der Waals surface area (Å²) in [6.07, 6.45) is 2.64. The average Bonchev–Trinajstić information content (AvgIpc) is 3.03. The van der Waals surface area contributed by atoms with Gasteiger partial charge < -0.3 is 15.6 Å². The van der Waals surface area contributed by atoms with Crippen LogP contribution >= 0.6 is 0 Å². The van der Waals surface area contributed by atoms with Crippen LogP contribution in [0.5, 0.6) is 0 Å². The maximum absolute atomic E-state index is 11.8. The number of imidazole rings is 1. The molecule has 6 nitrogen and oxygen atoms in total. The Bertz CT molecular complexity index is 634. The van der Waals surface area contributed by atoms with Crippen molar-refractivity contribution in [3.05, 3.63) is 30.1 Å². The zero-order valence-electron chi connectivity index (χ0n) is 10.3. The molecule has 1 atom stereocenters. The van der Waals surface area contributed by atoms with E-state index in [1.54, 1.807) is 6.33 Å². The van der Waals surface area contributed by atoms with Gasteiger partial charge in [0.1, 0.15) is 6.04 Å². The van der Waals surface area contributed by atoms with E-state index in [1.807, 2.05) is 18.2 Å². The molecule has 1 saturated heterocycles. The molecule has 0 aliphatic carbocycles. The van der Waals surface area contributed by atoms with Gasteiger partial charge in [0, 0.05) is 13.0 Å². The second-order valence-electron chi connectivity index (χ2n) is 4.63. The number of hydrogen-bond acceptors (Lipinski definition) is 3. The Kier molecular flexibility index (Phi) is 2.91. The van der Waals surface area contributed by atoms with Crippen LogP contribution in [0, 0.1) is 0 Å². The molecule has 2 amide bonds. The number of aromatic nitrogens is 2. The molecule has 0 bridgehead atoms. The molecule has 1 aromatic carbocycles. The highest BCUT2D eigenvalue weighted by Gasteiger charge is 2.26. The smallest absolute Gasteiger partial charge is 0.242 e. The van der Waals surface area contributed by atoms with E-state index in [2.05, 4.69) is 20.6 Å². The van der Waals surface area contributed by atoms with E-state index in [9.17, 15) is 9.59 Å². The molecule has 2 heterocycles. The number of rotatable bonds is 3. The van der Waals surface area contributed by atoms with Gasteiger partial charge in [-0.15, -0.1) is 0 Å². The Labute approximate surface area is 109 Å². The monoisotopic (exact) mass is 258 g/mol. The summed E-state index contributed by atoms with van der Waals surface area (Å²) in [5.41, 5.74) is 2.84. The molecule has 98 valence electrons. The van der Waals surface area contributed by atoms with Crippen molar-refractivity contribution < 1.29 is 9.59 Å². The Hall–Kier alpha value is -2.37. The Balaban J connectivity index is 1.62. The van der Waals surface area contributed by atoms with Crippen molar-refractivity contribution in [3.8, 4) is 0 Å². The Morgan fingerprint density at radius 1 is 1.47 bits per heavy atom. The summed E-state index contributed by atoms with van der Waals surface area (Å²) in [7, 11) is 0. The van der Waals surface area contributed by atoms with Gasteiger partial charge in [-0.25, -0.2) is 4.98 Å². The van der Waals surface area contributed by atoms with Crippen LogP contribution in [0.25, 0.3) is 11.0 Å². The minimum absolute atomic E-state index is 0.0565. The van der Waals surface area contributed by atoms with Gasteiger partial charge in [-0.3, -0.25) is 9.59 Å². The van der Waals surface area contributed by atoms with Gasteiger partial charge in [0.2, 0.25) is 11.8 Å². The predicted octanol–water partition coefficient (Wildman–Crippen LogP) is 0.458. The van der Waals surface area contributed by atoms with Crippen molar-refractivity contribution in [2.75, 3.05) is 0 Å². The Morgan fingerprint density at radius 3 is 3.16 bits per heavy atom. The van der Waals surface area contributed by atoms with Crippen molar-refractivity contribution in [1.29, 1.82) is 0 Å². The molecule has 3 N–H and O–H groups in total. The van der Waals surface area contributed by atoms with Crippen molar-refractivity contribution in [3.63, 3.8) is 0 Å². The van der Waals surface area contributed by atoms with E-state index in [-0.39, 0.29) is 17.9 Å². The van der Waals surface area contributed by atoms with Gasteiger partial charge in [-0.05, 0) is 24.1 Å². The summed E-state index contributed by atoms with van der Waals surface area (Å²) in [5.74, 6) is -0.186. The molecule has 0 spiro atoms. The van der Waals surface area contributed by atoms with Gasteiger partial charge in [-0.2, -0.15) is 0 Å². The summed E-state index contributed by atoms with van der Waals surface area (Å²) in [6.45, 7) is 0.445. The number of hydrogen-bond donors (Lipinski definition) is 3. The quantitative estimate of drug-likeness (QED) is 0.747. The lowest BCUT2D eigenvalue weighted by Gasteiger charge is -2.10. The molecule has 0 radical (unpaired) electrons. The summed E-state index contributed by atoms with van der Waals surface area (Å²) in [4.78, 5) is 30.0. The molecule has 1 aromatic heterocycles. The van der Waals surface area contributed by atoms with E-state index >= 15 is 0 Å². The molecule has 6 heteroatoms. The number of nitrogens with one attached hydrogen (secondary N) is 3. The van der Waals surface area contributed by atoms with E-state index in [0.717, 1.165) is 16.6 Å². The molecule has 19 heavy (non-hydrogen) atoms. The van der Waals surface area contributed by atoms with Crippen molar-refractivity contribution in [2.24, 2.45) is 0 Å². The lowest BCUT2D eigenvalue weighted by Crippen LogP contribution is -2.41. The topological polar surface area (TPSA) is 86.9 Å². The zero-order chi connectivity index (χ0) is 13.2. The lowest BCUT2D eigenvalue weighted by molar-refractivity contribution is -0.125. The standard InChI is InChI=1S/C13H14N4O2/c18-12-4-3-10(17-12)13(19)14-6-8-1-2-9-11(5-8)16-7-15-9/h1-2,5,7,10H,3-4,6H2,(H,14,19)(H,15,16)(H,17,18). The Morgan fingerprint density at radius 2 is 2.37 bits per heavy atom. The lowest BCUT2D eigenvalue weighted by atomic mass is 10.2. The van der Waals surface area contributed by atoms with E-state index < -0.39 is 0 Å². The number of H-pyrrole nitrogens is 1. The van der Waals surface area contributed by atoms with Gasteiger partial charge in [0.05, 0.1) is 17.4 Å². The number of benzene rings is 1. The fourth-order valence-corrected chi connectivity index (χ4v) is 2.22. The van der Waals surface area contributed by atoms with Crippen LogP contribution < -0.4 is 10.6 Å². The molecule has 1 unspecified atom stereocenters. The fraction of sp³-hybridized carbons (Fsp3) is 0.308. The predicted molar refractivity (Wildman–Crippen MR) is 69.1 cm³/mol. The minimum Gasteiger partial charge on any atom is -0.350 e. The van der Waals surface area contributed by atoms with Crippen LogP contribution in [0.4, 0.5) is 0 Å². The first-order chi connectivity index (χ1) is 9.22. The summed E-state index contributed by atoms with van der Waals surface area (Å²) in [5, 5.41) is 5.48. The van der Waals surface area contributed by atoms with Gasteiger partial charge in [-0.1, -0.05) is 6.07 Å². The number of fused-ring (bicyclic) bond motifs is 1. The maximum Gasteiger partial charge on any atom is 0.242 e. The molecular weight excluding hydrogens is 244 g/mol. The second-order valence-corrected chi connectivity index (χ2v) is 4.63. The fourth-order valence-electron chi connectivity index (χ4n) is 2.22. The van der Waals surface area contributed by atoms with Crippen LogP contribution in [0.3, 0.4) is 0 Å². The average molecular weight is 258 g/mol. The summed E-state index contributed by atoms with van der Waals surface area (Å²) >= 11 is 0. The van der Waals surface area contributed by atoms with Gasteiger partial charge in [0.25, 0.3) is 0 Å². The number of carbonyl (C=O) groups is 2. The SMILES string of the molecule is O=C1CCC(C(=O)NCc2ccc3nc[nH]c3c2)N1. The highest BCUT2D eigenvalue weighted by molar-refractivity contribution is 5.90. The number of aromatic amines is 1.